The first-order valence-electron chi connectivity index (χ1n) is 10.7. The highest BCUT2D eigenvalue weighted by Gasteiger charge is 2.17. The average Bonchev–Trinajstić information content (AvgIpc) is 3.32. The van der Waals surface area contributed by atoms with Gasteiger partial charge in [0.25, 0.3) is 5.56 Å². The molecule has 0 saturated heterocycles. The predicted octanol–water partition coefficient (Wildman–Crippen LogP) is 4.34. The van der Waals surface area contributed by atoms with E-state index < -0.39 is 0 Å². The fourth-order valence-corrected chi connectivity index (χ4v) is 3.53. The number of para-hydroxylation sites is 1. The van der Waals surface area contributed by atoms with Crippen LogP contribution in [0.1, 0.15) is 31.2 Å². The fourth-order valence-electron chi connectivity index (χ4n) is 3.53. The van der Waals surface area contributed by atoms with Crippen molar-refractivity contribution in [2.24, 2.45) is 0 Å². The Hall–Kier alpha value is -3.94. The van der Waals surface area contributed by atoms with Crippen LogP contribution in [-0.2, 0) is 13.0 Å². The summed E-state index contributed by atoms with van der Waals surface area (Å²) in [4.78, 5) is 16.8. The van der Waals surface area contributed by atoms with Crippen molar-refractivity contribution in [2.75, 3.05) is 14.2 Å². The van der Waals surface area contributed by atoms with E-state index in [0.717, 1.165) is 11.3 Å². The van der Waals surface area contributed by atoms with Crippen LogP contribution < -0.4 is 15.0 Å². The summed E-state index contributed by atoms with van der Waals surface area (Å²) in [6, 6.07) is 16.9. The van der Waals surface area contributed by atoms with Crippen LogP contribution in [0.4, 0.5) is 0 Å². The van der Waals surface area contributed by atoms with Gasteiger partial charge in [-0.1, -0.05) is 49.3 Å². The molecule has 2 aromatic carbocycles. The normalized spacial score (nSPS) is 11.1. The molecule has 8 heteroatoms. The average molecular weight is 447 g/mol. The Bertz CT molecular complexity index is 1290. The summed E-state index contributed by atoms with van der Waals surface area (Å²) in [5.41, 5.74) is 3.42. The van der Waals surface area contributed by atoms with Crippen molar-refractivity contribution in [1.29, 1.82) is 0 Å². The number of hydrogen-bond acceptors (Lipinski definition) is 7. The van der Waals surface area contributed by atoms with Crippen LogP contribution in [0.25, 0.3) is 22.6 Å². The molecule has 0 saturated carbocycles. The van der Waals surface area contributed by atoms with E-state index in [9.17, 15) is 4.79 Å². The molecule has 33 heavy (non-hydrogen) atoms. The van der Waals surface area contributed by atoms with Crippen molar-refractivity contribution in [3.8, 4) is 34.1 Å². The molecule has 4 aromatic rings. The summed E-state index contributed by atoms with van der Waals surface area (Å²) >= 11 is 0. The second-order valence-corrected chi connectivity index (χ2v) is 7.86. The number of hydrogen-bond donors (Lipinski definition) is 0. The number of aromatic nitrogens is 4. The first-order valence-corrected chi connectivity index (χ1v) is 10.7. The first kappa shape index (κ1) is 22.3. The van der Waals surface area contributed by atoms with Crippen LogP contribution in [0.3, 0.4) is 0 Å². The summed E-state index contributed by atoms with van der Waals surface area (Å²) < 4.78 is 17.6. The zero-order chi connectivity index (χ0) is 23.4. The van der Waals surface area contributed by atoms with Gasteiger partial charge in [0, 0.05) is 18.1 Å². The number of rotatable bonds is 8. The summed E-state index contributed by atoms with van der Waals surface area (Å²) in [7, 11) is 3.13. The first-order chi connectivity index (χ1) is 16.0. The lowest BCUT2D eigenvalue weighted by Gasteiger charge is -2.09. The van der Waals surface area contributed by atoms with E-state index in [4.69, 9.17) is 14.0 Å². The van der Waals surface area contributed by atoms with Gasteiger partial charge in [0.15, 0.2) is 11.5 Å². The fraction of sp³-hybridized carbons (Fsp3) is 0.280. The molecule has 2 heterocycles. The van der Waals surface area contributed by atoms with Crippen LogP contribution in [0, 0.1) is 0 Å². The maximum Gasteiger partial charge on any atom is 0.266 e. The molecule has 8 nitrogen and oxygen atoms in total. The highest BCUT2D eigenvalue weighted by atomic mass is 16.5. The van der Waals surface area contributed by atoms with Crippen molar-refractivity contribution in [3.05, 3.63) is 76.4 Å². The highest BCUT2D eigenvalue weighted by molar-refractivity contribution is 5.68. The molecule has 0 aliphatic carbocycles. The lowest BCUT2D eigenvalue weighted by atomic mass is 10.0. The van der Waals surface area contributed by atoms with Gasteiger partial charge < -0.3 is 14.0 Å². The zero-order valence-corrected chi connectivity index (χ0v) is 19.1. The molecule has 0 spiro atoms. The van der Waals surface area contributed by atoms with Crippen LogP contribution in [-0.4, -0.2) is 34.1 Å². The minimum atomic E-state index is -0.188. The number of aryl methyl sites for hydroxylation is 2. The Morgan fingerprint density at radius 3 is 2.48 bits per heavy atom. The molecule has 2 aromatic heterocycles. The lowest BCUT2D eigenvalue weighted by Crippen LogP contribution is -2.23. The van der Waals surface area contributed by atoms with Gasteiger partial charge in [-0.05, 0) is 29.7 Å². The molecule has 0 fully saturated rings. The summed E-state index contributed by atoms with van der Waals surface area (Å²) in [5.74, 6) is 2.35. The van der Waals surface area contributed by atoms with Gasteiger partial charge in [0.2, 0.25) is 11.7 Å². The molecule has 0 bridgehead atoms. The van der Waals surface area contributed by atoms with Crippen LogP contribution in [0.15, 0.2) is 63.9 Å². The third kappa shape index (κ3) is 4.79. The van der Waals surface area contributed by atoms with E-state index in [-0.39, 0.29) is 5.56 Å². The molecule has 0 aliphatic heterocycles. The van der Waals surface area contributed by atoms with Gasteiger partial charge in [-0.3, -0.25) is 4.79 Å². The summed E-state index contributed by atoms with van der Waals surface area (Å²) in [5, 5.41) is 8.59. The molecule has 0 aliphatic rings. The van der Waals surface area contributed by atoms with E-state index in [0.29, 0.717) is 47.7 Å². The smallest absolute Gasteiger partial charge is 0.266 e. The monoisotopic (exact) mass is 446 g/mol. The third-order valence-electron chi connectivity index (χ3n) is 5.39. The zero-order valence-electron chi connectivity index (χ0n) is 19.1. The van der Waals surface area contributed by atoms with E-state index >= 15 is 0 Å². The lowest BCUT2D eigenvalue weighted by molar-refractivity contribution is 0.354. The van der Waals surface area contributed by atoms with Crippen molar-refractivity contribution in [2.45, 2.75) is 32.7 Å². The molecule has 0 atom stereocenters. The molecule has 0 radical (unpaired) electrons. The maximum absolute atomic E-state index is 12.4. The number of nitrogens with zero attached hydrogens (tertiary/aromatic N) is 4. The van der Waals surface area contributed by atoms with E-state index in [1.165, 1.54) is 16.3 Å². The van der Waals surface area contributed by atoms with Gasteiger partial charge in [0.05, 0.1) is 32.0 Å². The van der Waals surface area contributed by atoms with E-state index in [1.807, 2.05) is 24.3 Å². The quantitative estimate of drug-likeness (QED) is 0.397. The van der Waals surface area contributed by atoms with Crippen molar-refractivity contribution in [1.82, 2.24) is 19.9 Å². The summed E-state index contributed by atoms with van der Waals surface area (Å²) in [6.07, 6.45) is 0.363. The highest BCUT2D eigenvalue weighted by Crippen LogP contribution is 2.36. The van der Waals surface area contributed by atoms with E-state index in [1.54, 1.807) is 26.4 Å². The Balaban J connectivity index is 1.52. The molecule has 0 N–H and O–H groups in total. The van der Waals surface area contributed by atoms with Gasteiger partial charge >= 0.3 is 0 Å². The molecular weight excluding hydrogens is 420 g/mol. The van der Waals surface area contributed by atoms with Crippen LogP contribution in [0.2, 0.25) is 0 Å². The number of methoxy groups -OCH3 is 2. The van der Waals surface area contributed by atoms with E-state index in [2.05, 4.69) is 41.2 Å². The van der Waals surface area contributed by atoms with Crippen molar-refractivity contribution >= 4 is 0 Å². The number of benzene rings is 2. The molecule has 0 unspecified atom stereocenters. The predicted molar refractivity (Wildman–Crippen MR) is 125 cm³/mol. The molecule has 4 rings (SSSR count). The molecule has 0 amide bonds. The van der Waals surface area contributed by atoms with Gasteiger partial charge in [0.1, 0.15) is 0 Å². The molecule has 170 valence electrons. The molecular formula is C25H26N4O4. The Kier molecular flexibility index (Phi) is 6.53. The minimum absolute atomic E-state index is 0.188. The van der Waals surface area contributed by atoms with Gasteiger partial charge in [-0.15, -0.1) is 0 Å². The largest absolute Gasteiger partial charge is 0.493 e. The second-order valence-electron chi connectivity index (χ2n) is 7.86. The third-order valence-corrected chi connectivity index (χ3v) is 5.39. The Labute approximate surface area is 191 Å². The van der Waals surface area contributed by atoms with Gasteiger partial charge in [-0.2, -0.15) is 10.1 Å². The summed E-state index contributed by atoms with van der Waals surface area (Å²) in [6.45, 7) is 4.62. The number of ether oxygens (including phenoxy) is 2. The topological polar surface area (TPSA) is 92.3 Å². The van der Waals surface area contributed by atoms with Crippen LogP contribution >= 0.6 is 0 Å². The van der Waals surface area contributed by atoms with Crippen molar-refractivity contribution in [3.63, 3.8) is 0 Å². The minimum Gasteiger partial charge on any atom is -0.493 e. The van der Waals surface area contributed by atoms with Gasteiger partial charge in [-0.25, -0.2) is 4.68 Å². The Morgan fingerprint density at radius 2 is 1.79 bits per heavy atom. The SMILES string of the molecule is COc1cccc(-c2noc(CCn3nc(-c4ccc(C(C)C)cc4)ccc3=O)n2)c1OC. The van der Waals surface area contributed by atoms with Crippen molar-refractivity contribution < 1.29 is 14.0 Å². The second kappa shape index (κ2) is 9.68. The standard InChI is InChI=1S/C25H26N4O4/c1-16(2)17-8-10-18(11-9-17)20-12-13-23(30)29(27-20)15-14-22-26-25(28-33-22)19-6-5-7-21(31-3)24(19)32-4/h5-13,16H,14-15H2,1-4H3. The van der Waals surface area contributed by atoms with Crippen LogP contribution in [0.5, 0.6) is 11.5 Å². The maximum atomic E-state index is 12.4. The Morgan fingerprint density at radius 1 is 1.00 bits per heavy atom.